The van der Waals surface area contributed by atoms with E-state index in [-0.39, 0.29) is 5.70 Å². The molecule has 0 aromatic carbocycles. The van der Waals surface area contributed by atoms with Gasteiger partial charge in [-0.1, -0.05) is 6.08 Å². The molecule has 0 radical (unpaired) electrons. The molecule has 0 aromatic rings. The van der Waals surface area contributed by atoms with E-state index < -0.39 is 11.7 Å². The van der Waals surface area contributed by atoms with E-state index in [1.165, 1.54) is 6.08 Å². The van der Waals surface area contributed by atoms with Crippen molar-refractivity contribution in [2.45, 2.75) is 33.3 Å². The lowest BCUT2D eigenvalue weighted by Crippen LogP contribution is -2.32. The van der Waals surface area contributed by atoms with Crippen LogP contribution in [0.25, 0.3) is 0 Å². The first kappa shape index (κ1) is 11.7. The minimum Gasteiger partial charge on any atom is -0.444 e. The molecule has 0 spiro atoms. The van der Waals surface area contributed by atoms with Gasteiger partial charge in [0.15, 0.2) is 6.29 Å². The number of rotatable bonds is 2. The van der Waals surface area contributed by atoms with Crippen molar-refractivity contribution in [3.8, 4) is 0 Å². The van der Waals surface area contributed by atoms with Gasteiger partial charge in [0.25, 0.3) is 0 Å². The van der Waals surface area contributed by atoms with Crippen molar-refractivity contribution >= 4 is 12.4 Å². The van der Waals surface area contributed by atoms with Crippen molar-refractivity contribution in [1.29, 1.82) is 0 Å². The van der Waals surface area contributed by atoms with Gasteiger partial charge >= 0.3 is 6.09 Å². The molecular weight excluding hydrogens is 170 g/mol. The van der Waals surface area contributed by atoms with Gasteiger partial charge in [-0.2, -0.15) is 0 Å². The minimum atomic E-state index is -0.618. The number of ether oxygens (including phenoxy) is 1. The molecule has 13 heavy (non-hydrogen) atoms. The Morgan fingerprint density at radius 1 is 1.38 bits per heavy atom. The second-order valence-electron chi connectivity index (χ2n) is 3.49. The second-order valence-corrected chi connectivity index (χ2v) is 3.49. The van der Waals surface area contributed by atoms with E-state index in [1.54, 1.807) is 27.7 Å². The number of carbonyl (C=O) groups is 2. The Morgan fingerprint density at radius 2 is 1.92 bits per heavy atom. The Labute approximate surface area is 78.0 Å². The van der Waals surface area contributed by atoms with E-state index in [9.17, 15) is 9.59 Å². The Hall–Kier alpha value is -1.32. The maximum absolute atomic E-state index is 11.1. The predicted molar refractivity (Wildman–Crippen MR) is 49.2 cm³/mol. The molecule has 0 atom stereocenters. The molecule has 0 saturated heterocycles. The number of alkyl carbamates (subject to hydrolysis) is 1. The molecule has 0 unspecified atom stereocenters. The quantitative estimate of drug-likeness (QED) is 0.525. The van der Waals surface area contributed by atoms with Gasteiger partial charge in [0, 0.05) is 0 Å². The number of nitrogens with one attached hydrogen (secondary N) is 1. The molecule has 0 aliphatic rings. The van der Waals surface area contributed by atoms with Crippen molar-refractivity contribution in [1.82, 2.24) is 5.32 Å². The van der Waals surface area contributed by atoms with Gasteiger partial charge in [0.2, 0.25) is 0 Å². The molecule has 1 N–H and O–H groups in total. The van der Waals surface area contributed by atoms with Crippen LogP contribution >= 0.6 is 0 Å². The monoisotopic (exact) mass is 185 g/mol. The first-order valence-electron chi connectivity index (χ1n) is 4.00. The molecule has 0 bridgehead atoms. The van der Waals surface area contributed by atoms with Crippen LogP contribution in [0.5, 0.6) is 0 Å². The highest BCUT2D eigenvalue weighted by atomic mass is 16.6. The van der Waals surface area contributed by atoms with Crippen LogP contribution in [-0.4, -0.2) is 18.0 Å². The highest BCUT2D eigenvalue weighted by molar-refractivity contribution is 5.81. The molecule has 1 amide bonds. The van der Waals surface area contributed by atoms with Crippen LogP contribution in [-0.2, 0) is 9.53 Å². The van der Waals surface area contributed by atoms with Crippen LogP contribution in [0.15, 0.2) is 11.8 Å². The summed E-state index contributed by atoms with van der Waals surface area (Å²) < 4.78 is 4.92. The van der Waals surface area contributed by atoms with E-state index >= 15 is 0 Å². The Morgan fingerprint density at radius 3 is 2.23 bits per heavy atom. The van der Waals surface area contributed by atoms with Crippen LogP contribution in [0, 0.1) is 0 Å². The summed E-state index contributed by atoms with van der Waals surface area (Å²) in [6, 6.07) is 0. The Balaban J connectivity index is 4.09. The Bertz CT molecular complexity index is 226. The fourth-order valence-corrected chi connectivity index (χ4v) is 0.591. The SMILES string of the molecule is C/C=C(/C=O)NC(=O)OC(C)(C)C. The minimum absolute atomic E-state index is 0.203. The maximum Gasteiger partial charge on any atom is 0.412 e. The summed E-state index contributed by atoms with van der Waals surface area (Å²) in [6.07, 6.45) is 1.44. The molecule has 0 aliphatic heterocycles. The summed E-state index contributed by atoms with van der Waals surface area (Å²) >= 11 is 0. The summed E-state index contributed by atoms with van der Waals surface area (Å²) in [4.78, 5) is 21.4. The second kappa shape index (κ2) is 4.64. The van der Waals surface area contributed by atoms with Gasteiger partial charge in [0.05, 0.1) is 5.70 Å². The third-order valence-corrected chi connectivity index (χ3v) is 1.08. The van der Waals surface area contributed by atoms with Crippen molar-refractivity contribution in [3.05, 3.63) is 11.8 Å². The smallest absolute Gasteiger partial charge is 0.412 e. The maximum atomic E-state index is 11.1. The largest absolute Gasteiger partial charge is 0.444 e. The zero-order valence-electron chi connectivity index (χ0n) is 8.38. The number of aldehydes is 1. The summed E-state index contributed by atoms with van der Waals surface area (Å²) in [5.41, 5.74) is -0.347. The number of hydrogen-bond donors (Lipinski definition) is 1. The van der Waals surface area contributed by atoms with Crippen molar-refractivity contribution in [3.63, 3.8) is 0 Å². The third-order valence-electron chi connectivity index (χ3n) is 1.08. The molecule has 0 aromatic heterocycles. The van der Waals surface area contributed by atoms with Crippen molar-refractivity contribution in [2.24, 2.45) is 0 Å². The topological polar surface area (TPSA) is 55.4 Å². The lowest BCUT2D eigenvalue weighted by molar-refractivity contribution is -0.105. The van der Waals surface area contributed by atoms with Gasteiger partial charge in [-0.25, -0.2) is 4.79 Å². The molecule has 0 rings (SSSR count). The van der Waals surface area contributed by atoms with Crippen molar-refractivity contribution in [2.75, 3.05) is 0 Å². The zero-order valence-corrected chi connectivity index (χ0v) is 8.38. The molecule has 4 heteroatoms. The fraction of sp³-hybridized carbons (Fsp3) is 0.556. The molecule has 4 nitrogen and oxygen atoms in total. The first-order valence-corrected chi connectivity index (χ1v) is 4.00. The van der Waals surface area contributed by atoms with E-state index in [0.29, 0.717) is 6.29 Å². The lowest BCUT2D eigenvalue weighted by atomic mass is 10.2. The molecular formula is C9H15NO3. The van der Waals surface area contributed by atoms with Crippen LogP contribution in [0.1, 0.15) is 27.7 Å². The van der Waals surface area contributed by atoms with Crippen LogP contribution in [0.2, 0.25) is 0 Å². The average molecular weight is 185 g/mol. The summed E-state index contributed by atoms with van der Waals surface area (Å²) in [5.74, 6) is 0. The fourth-order valence-electron chi connectivity index (χ4n) is 0.591. The number of carbonyl (C=O) groups excluding carboxylic acids is 2. The third kappa shape index (κ3) is 5.90. The van der Waals surface area contributed by atoms with E-state index in [2.05, 4.69) is 5.32 Å². The van der Waals surface area contributed by atoms with Gasteiger partial charge in [-0.15, -0.1) is 0 Å². The highest BCUT2D eigenvalue weighted by Crippen LogP contribution is 2.06. The predicted octanol–water partition coefficient (Wildman–Crippen LogP) is 1.61. The average Bonchev–Trinajstić information content (AvgIpc) is 1.96. The molecule has 0 aliphatic carbocycles. The lowest BCUT2D eigenvalue weighted by Gasteiger charge is -2.19. The zero-order chi connectivity index (χ0) is 10.5. The van der Waals surface area contributed by atoms with Gasteiger partial charge in [-0.3, -0.25) is 10.1 Å². The van der Waals surface area contributed by atoms with E-state index in [0.717, 1.165) is 0 Å². The van der Waals surface area contributed by atoms with Crippen LogP contribution < -0.4 is 5.32 Å². The first-order chi connectivity index (χ1) is 5.89. The highest BCUT2D eigenvalue weighted by Gasteiger charge is 2.16. The van der Waals surface area contributed by atoms with Gasteiger partial charge in [-0.05, 0) is 27.7 Å². The number of hydrogen-bond acceptors (Lipinski definition) is 3. The number of amides is 1. The normalized spacial score (nSPS) is 12.2. The molecule has 0 saturated carbocycles. The van der Waals surface area contributed by atoms with Gasteiger partial charge in [0.1, 0.15) is 5.60 Å². The van der Waals surface area contributed by atoms with Crippen LogP contribution in [0.3, 0.4) is 0 Å². The summed E-state index contributed by atoms with van der Waals surface area (Å²) in [7, 11) is 0. The Kier molecular flexibility index (Phi) is 4.17. The molecule has 0 heterocycles. The van der Waals surface area contributed by atoms with Crippen LogP contribution in [0.4, 0.5) is 4.79 Å². The van der Waals surface area contributed by atoms with E-state index in [4.69, 9.17) is 4.74 Å². The summed E-state index contributed by atoms with van der Waals surface area (Å²) in [6.45, 7) is 6.91. The van der Waals surface area contributed by atoms with Gasteiger partial charge < -0.3 is 4.74 Å². The summed E-state index contributed by atoms with van der Waals surface area (Å²) in [5, 5.41) is 2.30. The molecule has 0 fully saturated rings. The van der Waals surface area contributed by atoms with E-state index in [1.807, 2.05) is 0 Å². The molecule has 74 valence electrons. The number of allylic oxidation sites excluding steroid dienone is 2. The van der Waals surface area contributed by atoms with Crippen molar-refractivity contribution < 1.29 is 14.3 Å². The standard InChI is InChI=1S/C9H15NO3/c1-5-7(6-11)10-8(12)13-9(2,3)4/h5-6H,1-4H3,(H,10,12)/b7-5-.